The predicted octanol–water partition coefficient (Wildman–Crippen LogP) is 5.28. The fourth-order valence-corrected chi connectivity index (χ4v) is 2.71. The number of nitrogens with zero attached hydrogens (tertiary/aromatic N) is 1. The number of alkyl halides is 3. The number of allylic oxidation sites excluding steroid dienone is 1. The van der Waals surface area contributed by atoms with E-state index >= 15 is 0 Å². The Bertz CT molecular complexity index is 947. The summed E-state index contributed by atoms with van der Waals surface area (Å²) < 4.78 is 38.5. The van der Waals surface area contributed by atoms with Gasteiger partial charge in [0.2, 0.25) is 0 Å². The smallest absolute Gasteiger partial charge is 0.416 e. The van der Waals surface area contributed by atoms with Crippen molar-refractivity contribution in [3.8, 4) is 11.8 Å². The summed E-state index contributed by atoms with van der Waals surface area (Å²) in [6.45, 7) is 4.34. The number of hydrogen-bond acceptors (Lipinski definition) is 2. The zero-order chi connectivity index (χ0) is 22.3. The Labute approximate surface area is 174 Å². The highest BCUT2D eigenvalue weighted by molar-refractivity contribution is 5.80. The Hall–Kier alpha value is -3.04. The van der Waals surface area contributed by atoms with E-state index in [1.54, 1.807) is 18.0 Å². The van der Waals surface area contributed by atoms with Gasteiger partial charge in [0.15, 0.2) is 0 Å². The molecule has 0 heterocycles. The quantitative estimate of drug-likeness (QED) is 0.653. The van der Waals surface area contributed by atoms with Crippen LogP contribution in [0.4, 0.5) is 13.2 Å². The standard InChI is InChI=1S/C24H24F3NO2/c1-17(2)19-7-4-18(5-8-19)6-9-21(14-15-28(3)16-23(29)30)20-10-12-22(13-11-20)24(25,26)27/h4-5,7-8,10-14,17H,15-16H2,1-3H3,(H,29,30). The van der Waals surface area contributed by atoms with Crippen molar-refractivity contribution < 1.29 is 23.1 Å². The molecule has 0 amide bonds. The van der Waals surface area contributed by atoms with Crippen LogP contribution >= 0.6 is 0 Å². The lowest BCUT2D eigenvalue weighted by Gasteiger charge is -2.12. The van der Waals surface area contributed by atoms with Crippen LogP contribution in [0.2, 0.25) is 0 Å². The molecule has 6 heteroatoms. The summed E-state index contributed by atoms with van der Waals surface area (Å²) in [6, 6.07) is 12.6. The summed E-state index contributed by atoms with van der Waals surface area (Å²) in [5.74, 6) is 5.51. The van der Waals surface area contributed by atoms with Gasteiger partial charge in [-0.05, 0) is 48.4 Å². The van der Waals surface area contributed by atoms with Gasteiger partial charge in [-0.15, -0.1) is 0 Å². The van der Waals surface area contributed by atoms with Gasteiger partial charge in [-0.25, -0.2) is 0 Å². The second kappa shape index (κ2) is 10.1. The zero-order valence-corrected chi connectivity index (χ0v) is 17.1. The van der Waals surface area contributed by atoms with E-state index in [-0.39, 0.29) is 6.54 Å². The van der Waals surface area contributed by atoms with Crippen LogP contribution < -0.4 is 0 Å². The number of carboxylic acid groups (broad SMARTS) is 1. The number of likely N-dealkylation sites (N-methyl/N-ethyl adjacent to an activating group) is 1. The first kappa shape index (κ1) is 23.2. The van der Waals surface area contributed by atoms with Gasteiger partial charge in [-0.3, -0.25) is 9.69 Å². The Kier molecular flexibility index (Phi) is 7.85. The highest BCUT2D eigenvalue weighted by Crippen LogP contribution is 2.30. The molecule has 0 aliphatic heterocycles. The number of hydrogen-bond donors (Lipinski definition) is 1. The van der Waals surface area contributed by atoms with Crippen LogP contribution in [-0.2, 0) is 11.0 Å². The van der Waals surface area contributed by atoms with Gasteiger partial charge in [0.05, 0.1) is 12.1 Å². The fourth-order valence-electron chi connectivity index (χ4n) is 2.71. The topological polar surface area (TPSA) is 40.5 Å². The molecule has 30 heavy (non-hydrogen) atoms. The number of halogens is 3. The van der Waals surface area contributed by atoms with Gasteiger partial charge in [0.25, 0.3) is 0 Å². The third kappa shape index (κ3) is 7.09. The van der Waals surface area contributed by atoms with Crippen molar-refractivity contribution in [1.82, 2.24) is 4.90 Å². The first-order valence-electron chi connectivity index (χ1n) is 9.46. The summed E-state index contributed by atoms with van der Waals surface area (Å²) in [5, 5.41) is 8.89. The van der Waals surface area contributed by atoms with E-state index in [0.29, 0.717) is 23.6 Å². The van der Waals surface area contributed by atoms with Crippen LogP contribution in [0.1, 0.15) is 42.0 Å². The Morgan fingerprint density at radius 3 is 2.20 bits per heavy atom. The maximum Gasteiger partial charge on any atom is 0.416 e. The number of rotatable bonds is 6. The van der Waals surface area contributed by atoms with Crippen molar-refractivity contribution in [2.45, 2.75) is 25.9 Å². The number of aliphatic carboxylic acids is 1. The van der Waals surface area contributed by atoms with Gasteiger partial charge in [0.1, 0.15) is 0 Å². The van der Waals surface area contributed by atoms with E-state index < -0.39 is 17.7 Å². The highest BCUT2D eigenvalue weighted by atomic mass is 19.4. The molecular formula is C24H24F3NO2. The summed E-state index contributed by atoms with van der Waals surface area (Å²) in [6.07, 6.45) is -2.69. The molecule has 0 saturated heterocycles. The second-order valence-electron chi connectivity index (χ2n) is 7.31. The minimum Gasteiger partial charge on any atom is -0.480 e. The Morgan fingerprint density at radius 2 is 1.70 bits per heavy atom. The predicted molar refractivity (Wildman–Crippen MR) is 112 cm³/mol. The first-order chi connectivity index (χ1) is 14.1. The second-order valence-corrected chi connectivity index (χ2v) is 7.31. The molecule has 0 saturated carbocycles. The monoisotopic (exact) mass is 415 g/mol. The lowest BCUT2D eigenvalue weighted by atomic mass is 10.0. The normalized spacial score (nSPS) is 12.1. The molecule has 0 aromatic heterocycles. The lowest BCUT2D eigenvalue weighted by Crippen LogP contribution is -2.25. The van der Waals surface area contributed by atoms with E-state index in [9.17, 15) is 18.0 Å². The summed E-state index contributed by atoms with van der Waals surface area (Å²) in [4.78, 5) is 12.4. The van der Waals surface area contributed by atoms with Gasteiger partial charge in [0, 0.05) is 17.7 Å². The number of benzene rings is 2. The van der Waals surface area contributed by atoms with E-state index in [0.717, 1.165) is 17.7 Å². The third-order valence-corrected chi connectivity index (χ3v) is 4.45. The molecule has 0 aliphatic rings. The molecule has 0 radical (unpaired) electrons. The SMILES string of the molecule is CC(C)c1ccc(C#CC(=CCN(C)CC(=O)O)c2ccc(C(F)(F)F)cc2)cc1. The first-order valence-corrected chi connectivity index (χ1v) is 9.46. The van der Waals surface area contributed by atoms with E-state index in [2.05, 4.69) is 25.7 Å². The molecule has 0 aliphatic carbocycles. The average Bonchev–Trinajstić information content (AvgIpc) is 2.67. The largest absolute Gasteiger partial charge is 0.480 e. The zero-order valence-electron chi connectivity index (χ0n) is 17.1. The minimum absolute atomic E-state index is 0.152. The van der Waals surface area contributed by atoms with Gasteiger partial charge in [-0.2, -0.15) is 13.2 Å². The van der Waals surface area contributed by atoms with Gasteiger partial charge >= 0.3 is 12.1 Å². The summed E-state index contributed by atoms with van der Waals surface area (Å²) in [5.41, 5.74) is 2.32. The molecule has 2 rings (SSSR count). The molecule has 0 bridgehead atoms. The van der Waals surface area contributed by atoms with E-state index in [1.165, 1.54) is 17.7 Å². The van der Waals surface area contributed by atoms with Crippen molar-refractivity contribution in [2.75, 3.05) is 20.1 Å². The molecule has 2 aromatic rings. The van der Waals surface area contributed by atoms with Crippen LogP contribution in [0.25, 0.3) is 5.57 Å². The van der Waals surface area contributed by atoms with Crippen LogP contribution in [0, 0.1) is 11.8 Å². The van der Waals surface area contributed by atoms with Crippen LogP contribution in [0.15, 0.2) is 54.6 Å². The van der Waals surface area contributed by atoms with Gasteiger partial charge < -0.3 is 5.11 Å². The third-order valence-electron chi connectivity index (χ3n) is 4.45. The van der Waals surface area contributed by atoms with Crippen molar-refractivity contribution in [3.63, 3.8) is 0 Å². The molecule has 158 valence electrons. The number of carboxylic acids is 1. The molecule has 0 unspecified atom stereocenters. The van der Waals surface area contributed by atoms with Crippen LogP contribution in [0.3, 0.4) is 0 Å². The highest BCUT2D eigenvalue weighted by Gasteiger charge is 2.30. The molecule has 2 aromatic carbocycles. The van der Waals surface area contributed by atoms with E-state index in [1.807, 2.05) is 24.3 Å². The molecule has 3 nitrogen and oxygen atoms in total. The average molecular weight is 415 g/mol. The summed E-state index contributed by atoms with van der Waals surface area (Å²) in [7, 11) is 1.65. The van der Waals surface area contributed by atoms with E-state index in [4.69, 9.17) is 5.11 Å². The van der Waals surface area contributed by atoms with Crippen molar-refractivity contribution in [3.05, 3.63) is 76.9 Å². The van der Waals surface area contributed by atoms with Gasteiger partial charge in [-0.1, -0.05) is 56.0 Å². The Morgan fingerprint density at radius 1 is 1.10 bits per heavy atom. The van der Waals surface area contributed by atoms with Crippen molar-refractivity contribution in [2.24, 2.45) is 0 Å². The molecule has 1 N–H and O–H groups in total. The van der Waals surface area contributed by atoms with Crippen LogP contribution in [0.5, 0.6) is 0 Å². The maximum absolute atomic E-state index is 12.8. The van der Waals surface area contributed by atoms with Crippen molar-refractivity contribution in [1.29, 1.82) is 0 Å². The molecule has 0 atom stereocenters. The molecule has 0 fully saturated rings. The fraction of sp³-hybridized carbons (Fsp3) is 0.292. The maximum atomic E-state index is 12.8. The number of carbonyl (C=O) groups is 1. The minimum atomic E-state index is -4.41. The van der Waals surface area contributed by atoms with Crippen molar-refractivity contribution >= 4 is 11.5 Å². The summed E-state index contributed by atoms with van der Waals surface area (Å²) >= 11 is 0. The molecular weight excluding hydrogens is 391 g/mol. The lowest BCUT2D eigenvalue weighted by molar-refractivity contribution is -0.138. The molecule has 0 spiro atoms. The van der Waals surface area contributed by atoms with Crippen LogP contribution in [-0.4, -0.2) is 36.1 Å². The Balaban J connectivity index is 2.33.